The van der Waals surface area contributed by atoms with Gasteiger partial charge in [-0.15, -0.1) is 0 Å². The zero-order valence-electron chi connectivity index (χ0n) is 9.76. The van der Waals surface area contributed by atoms with E-state index in [0.717, 1.165) is 0 Å². The molecule has 0 aromatic carbocycles. The maximum absolute atomic E-state index is 11.5. The van der Waals surface area contributed by atoms with Crippen molar-refractivity contribution >= 4 is 11.8 Å². The second kappa shape index (κ2) is 3.59. The van der Waals surface area contributed by atoms with E-state index in [1.807, 2.05) is 6.92 Å². The highest BCUT2D eigenvalue weighted by Crippen LogP contribution is 2.67. The predicted molar refractivity (Wildman–Crippen MR) is 56.6 cm³/mol. The van der Waals surface area contributed by atoms with E-state index in [1.165, 1.54) is 6.92 Å². The number of aliphatic carboxylic acids is 1. The first kappa shape index (κ1) is 12.2. The summed E-state index contributed by atoms with van der Waals surface area (Å²) in [4.78, 5) is 22.6. The first-order valence-electron chi connectivity index (χ1n) is 5.27. The fourth-order valence-corrected chi connectivity index (χ4v) is 2.88. The van der Waals surface area contributed by atoms with Crippen molar-refractivity contribution in [3.05, 3.63) is 0 Å². The number of likely N-dealkylation sites (N-methyl/N-ethyl adjacent to an activating group) is 1. The standard InChI is InChI=1S/C11H19NO3/c1-5-11(8(12-4)7(2)13)6-10(11,3)9(14)15/h8,12H,5-6H2,1-4H3,(H,14,15). The van der Waals surface area contributed by atoms with Gasteiger partial charge in [-0.25, -0.2) is 0 Å². The van der Waals surface area contributed by atoms with Gasteiger partial charge in [0.05, 0.1) is 11.5 Å². The van der Waals surface area contributed by atoms with Crippen molar-refractivity contribution in [3.8, 4) is 0 Å². The number of ketones is 1. The van der Waals surface area contributed by atoms with E-state index >= 15 is 0 Å². The van der Waals surface area contributed by atoms with Crippen molar-refractivity contribution in [2.24, 2.45) is 10.8 Å². The molecule has 0 aromatic rings. The number of carboxylic acid groups (broad SMARTS) is 1. The number of nitrogens with one attached hydrogen (secondary N) is 1. The number of carbonyl (C=O) groups excluding carboxylic acids is 1. The van der Waals surface area contributed by atoms with Crippen LogP contribution in [-0.4, -0.2) is 29.9 Å². The van der Waals surface area contributed by atoms with Gasteiger partial charge in [-0.2, -0.15) is 0 Å². The average molecular weight is 213 g/mol. The molecule has 86 valence electrons. The minimum atomic E-state index is -0.800. The lowest BCUT2D eigenvalue weighted by molar-refractivity contribution is -0.144. The zero-order valence-corrected chi connectivity index (χ0v) is 9.76. The molecule has 0 heterocycles. The maximum atomic E-state index is 11.5. The van der Waals surface area contributed by atoms with Crippen molar-refractivity contribution in [3.63, 3.8) is 0 Å². The number of carbonyl (C=O) groups is 2. The fourth-order valence-electron chi connectivity index (χ4n) is 2.88. The number of hydrogen-bond acceptors (Lipinski definition) is 3. The molecule has 2 N–H and O–H groups in total. The monoisotopic (exact) mass is 213 g/mol. The quantitative estimate of drug-likeness (QED) is 0.716. The van der Waals surface area contributed by atoms with Crippen LogP contribution in [0, 0.1) is 10.8 Å². The van der Waals surface area contributed by atoms with Crippen molar-refractivity contribution in [2.45, 2.75) is 39.7 Å². The summed E-state index contributed by atoms with van der Waals surface area (Å²) in [6.45, 7) is 5.19. The molecule has 15 heavy (non-hydrogen) atoms. The molecule has 3 atom stereocenters. The predicted octanol–water partition coefficient (Wildman–Crippen LogP) is 1.05. The molecule has 1 rings (SSSR count). The van der Waals surface area contributed by atoms with Gasteiger partial charge >= 0.3 is 5.97 Å². The summed E-state index contributed by atoms with van der Waals surface area (Å²) in [6.07, 6.45) is 1.29. The van der Waals surface area contributed by atoms with Crippen molar-refractivity contribution < 1.29 is 14.7 Å². The molecule has 4 nitrogen and oxygen atoms in total. The fraction of sp³-hybridized carbons (Fsp3) is 0.818. The Labute approximate surface area is 90.0 Å². The lowest BCUT2D eigenvalue weighted by Crippen LogP contribution is -2.44. The van der Waals surface area contributed by atoms with Gasteiger partial charge in [-0.05, 0) is 33.7 Å². The van der Waals surface area contributed by atoms with Gasteiger partial charge < -0.3 is 10.4 Å². The Morgan fingerprint density at radius 3 is 2.27 bits per heavy atom. The Hall–Kier alpha value is -0.900. The molecule has 0 aromatic heterocycles. The molecule has 1 aliphatic rings. The summed E-state index contributed by atoms with van der Waals surface area (Å²) in [5.74, 6) is -0.782. The van der Waals surface area contributed by atoms with Crippen LogP contribution >= 0.6 is 0 Å². The third-order valence-electron chi connectivity index (χ3n) is 3.99. The van der Waals surface area contributed by atoms with Gasteiger partial charge in [0.2, 0.25) is 0 Å². The van der Waals surface area contributed by atoms with E-state index in [4.69, 9.17) is 5.11 Å². The smallest absolute Gasteiger partial charge is 0.310 e. The molecule has 0 radical (unpaired) electrons. The maximum Gasteiger partial charge on any atom is 0.310 e. The Balaban J connectivity index is 3.00. The average Bonchev–Trinajstić information content (AvgIpc) is 2.75. The van der Waals surface area contributed by atoms with Crippen LogP contribution in [0.4, 0.5) is 0 Å². The summed E-state index contributed by atoms with van der Waals surface area (Å²) in [7, 11) is 1.71. The second-order valence-electron chi connectivity index (χ2n) is 4.66. The zero-order chi connectivity index (χ0) is 11.9. The van der Waals surface area contributed by atoms with Crippen LogP contribution in [0.3, 0.4) is 0 Å². The molecule has 0 amide bonds. The van der Waals surface area contributed by atoms with Gasteiger partial charge in [0, 0.05) is 5.41 Å². The third-order valence-corrected chi connectivity index (χ3v) is 3.99. The van der Waals surface area contributed by atoms with Crippen LogP contribution in [0.2, 0.25) is 0 Å². The highest BCUT2D eigenvalue weighted by molar-refractivity contribution is 5.88. The normalized spacial score (nSPS) is 36.0. The van der Waals surface area contributed by atoms with Gasteiger partial charge in [-0.1, -0.05) is 6.92 Å². The minimum absolute atomic E-state index is 0.0179. The molecule has 0 aliphatic heterocycles. The van der Waals surface area contributed by atoms with Crippen molar-refractivity contribution in [1.29, 1.82) is 0 Å². The molecule has 0 bridgehead atoms. The second-order valence-corrected chi connectivity index (χ2v) is 4.66. The molecule has 1 saturated carbocycles. The van der Waals surface area contributed by atoms with E-state index in [0.29, 0.717) is 12.8 Å². The summed E-state index contributed by atoms with van der Waals surface area (Å²) in [5, 5.41) is 12.1. The van der Waals surface area contributed by atoms with E-state index in [-0.39, 0.29) is 11.8 Å². The molecule has 0 saturated heterocycles. The Bertz CT molecular complexity index is 302. The molecule has 4 heteroatoms. The number of Topliss-reactive ketones (excluding diaryl/α,β-unsaturated/α-hetero) is 1. The molecule has 1 fully saturated rings. The number of hydrogen-bond donors (Lipinski definition) is 2. The Morgan fingerprint density at radius 2 is 2.07 bits per heavy atom. The molecular weight excluding hydrogens is 194 g/mol. The van der Waals surface area contributed by atoms with Crippen molar-refractivity contribution in [1.82, 2.24) is 5.32 Å². The van der Waals surface area contributed by atoms with Crippen molar-refractivity contribution in [2.75, 3.05) is 7.05 Å². The summed E-state index contributed by atoms with van der Waals surface area (Å²) >= 11 is 0. The lowest BCUT2D eigenvalue weighted by Gasteiger charge is -2.27. The Morgan fingerprint density at radius 1 is 1.53 bits per heavy atom. The molecule has 0 spiro atoms. The SMILES string of the molecule is CCC1(C(NC)C(C)=O)CC1(C)C(=O)O. The van der Waals surface area contributed by atoms with Gasteiger partial charge in [-0.3, -0.25) is 9.59 Å². The highest BCUT2D eigenvalue weighted by Gasteiger charge is 2.71. The van der Waals surface area contributed by atoms with Gasteiger partial charge in [0.1, 0.15) is 5.78 Å². The molecule has 1 aliphatic carbocycles. The van der Waals surface area contributed by atoms with Crippen LogP contribution < -0.4 is 5.32 Å². The molecule has 3 unspecified atom stereocenters. The van der Waals surface area contributed by atoms with Crippen LogP contribution in [0.1, 0.15) is 33.6 Å². The van der Waals surface area contributed by atoms with E-state index in [2.05, 4.69) is 5.32 Å². The summed E-state index contributed by atoms with van der Waals surface area (Å²) in [6, 6.07) is -0.344. The largest absolute Gasteiger partial charge is 0.481 e. The summed E-state index contributed by atoms with van der Waals surface area (Å²) < 4.78 is 0. The topological polar surface area (TPSA) is 66.4 Å². The minimum Gasteiger partial charge on any atom is -0.481 e. The van der Waals surface area contributed by atoms with E-state index in [9.17, 15) is 9.59 Å². The first-order valence-corrected chi connectivity index (χ1v) is 5.27. The number of rotatable bonds is 5. The lowest BCUT2D eigenvalue weighted by atomic mass is 9.83. The summed E-state index contributed by atoms with van der Waals surface area (Å²) in [5.41, 5.74) is -1.15. The van der Waals surface area contributed by atoms with E-state index in [1.54, 1.807) is 14.0 Å². The Kier molecular flexibility index (Phi) is 2.92. The highest BCUT2D eigenvalue weighted by atomic mass is 16.4. The van der Waals surface area contributed by atoms with Gasteiger partial charge in [0.25, 0.3) is 0 Å². The first-order chi connectivity index (χ1) is 6.85. The third kappa shape index (κ3) is 1.47. The van der Waals surface area contributed by atoms with Crippen LogP contribution in [0.5, 0.6) is 0 Å². The number of carboxylic acids is 1. The van der Waals surface area contributed by atoms with Crippen LogP contribution in [0.25, 0.3) is 0 Å². The molecular formula is C11H19NO3. The van der Waals surface area contributed by atoms with Gasteiger partial charge in [0.15, 0.2) is 0 Å². The van der Waals surface area contributed by atoms with Crippen LogP contribution in [-0.2, 0) is 9.59 Å². The van der Waals surface area contributed by atoms with E-state index < -0.39 is 16.8 Å². The van der Waals surface area contributed by atoms with Crippen LogP contribution in [0.15, 0.2) is 0 Å².